The largest absolute Gasteiger partial charge is 0.390 e. The molecule has 1 heterocycles. The van der Waals surface area contributed by atoms with Gasteiger partial charge in [-0.2, -0.15) is 0 Å². The van der Waals surface area contributed by atoms with E-state index in [1.165, 1.54) is 0 Å². The number of rotatable bonds is 3. The van der Waals surface area contributed by atoms with E-state index in [9.17, 15) is 5.11 Å². The second-order valence-corrected chi connectivity index (χ2v) is 4.71. The zero-order chi connectivity index (χ0) is 11.9. The van der Waals surface area contributed by atoms with Crippen molar-refractivity contribution < 1.29 is 9.63 Å². The van der Waals surface area contributed by atoms with Crippen molar-refractivity contribution in [2.45, 2.75) is 24.9 Å². The van der Waals surface area contributed by atoms with Gasteiger partial charge in [0, 0.05) is 6.42 Å². The standard InChI is InChI=1S/C13H14N2O2/c14-12-11(8-15-17-12)10-3-1-2-9(6-10)7-13(16)4-5-13/h1-3,6,8,16H,4-5,7,14H2. The Balaban J connectivity index is 1.91. The van der Waals surface area contributed by atoms with Crippen LogP contribution in [-0.2, 0) is 6.42 Å². The summed E-state index contributed by atoms with van der Waals surface area (Å²) < 4.78 is 4.85. The number of anilines is 1. The van der Waals surface area contributed by atoms with Gasteiger partial charge in [-0.05, 0) is 24.0 Å². The van der Waals surface area contributed by atoms with Crippen molar-refractivity contribution in [3.8, 4) is 11.1 Å². The first-order valence-electron chi connectivity index (χ1n) is 5.68. The second-order valence-electron chi connectivity index (χ2n) is 4.71. The van der Waals surface area contributed by atoms with E-state index in [1.807, 2.05) is 24.3 Å². The maximum Gasteiger partial charge on any atom is 0.229 e. The molecule has 3 N–H and O–H groups in total. The van der Waals surface area contributed by atoms with Crippen LogP contribution in [0.15, 0.2) is 35.0 Å². The third kappa shape index (κ3) is 2.03. The third-order valence-electron chi connectivity index (χ3n) is 3.20. The molecule has 17 heavy (non-hydrogen) atoms. The molecule has 0 bridgehead atoms. The first-order valence-corrected chi connectivity index (χ1v) is 5.68. The Labute approximate surface area is 99.0 Å². The Morgan fingerprint density at radius 1 is 1.41 bits per heavy atom. The van der Waals surface area contributed by atoms with Crippen molar-refractivity contribution in [1.82, 2.24) is 5.16 Å². The maximum absolute atomic E-state index is 9.90. The predicted octanol–water partition coefficient (Wildman–Crippen LogP) is 1.99. The summed E-state index contributed by atoms with van der Waals surface area (Å²) in [5.74, 6) is 0.326. The molecule has 0 amide bonds. The topological polar surface area (TPSA) is 72.3 Å². The van der Waals surface area contributed by atoms with Gasteiger partial charge in [-0.1, -0.05) is 29.4 Å². The molecule has 3 rings (SSSR count). The van der Waals surface area contributed by atoms with Crippen molar-refractivity contribution >= 4 is 5.88 Å². The van der Waals surface area contributed by atoms with Crippen molar-refractivity contribution in [2.75, 3.05) is 5.73 Å². The molecule has 1 fully saturated rings. The first kappa shape index (κ1) is 10.4. The molecule has 0 radical (unpaired) electrons. The molecule has 1 aromatic heterocycles. The number of nitrogens with zero attached hydrogens (tertiary/aromatic N) is 1. The van der Waals surface area contributed by atoms with Gasteiger partial charge in [-0.15, -0.1) is 0 Å². The molecular formula is C13H14N2O2. The van der Waals surface area contributed by atoms with Crippen LogP contribution in [0.5, 0.6) is 0 Å². The van der Waals surface area contributed by atoms with Gasteiger partial charge < -0.3 is 15.4 Å². The summed E-state index contributed by atoms with van der Waals surface area (Å²) in [4.78, 5) is 0. The quantitative estimate of drug-likeness (QED) is 0.845. The minimum atomic E-state index is -0.473. The molecule has 0 spiro atoms. The second kappa shape index (κ2) is 3.60. The summed E-state index contributed by atoms with van der Waals surface area (Å²) in [6.45, 7) is 0. The van der Waals surface area contributed by atoms with Crippen molar-refractivity contribution in [3.05, 3.63) is 36.0 Å². The van der Waals surface area contributed by atoms with E-state index in [-0.39, 0.29) is 0 Å². The molecular weight excluding hydrogens is 216 g/mol. The van der Waals surface area contributed by atoms with Crippen LogP contribution < -0.4 is 5.73 Å². The predicted molar refractivity (Wildman–Crippen MR) is 64.2 cm³/mol. The Morgan fingerprint density at radius 3 is 2.88 bits per heavy atom. The van der Waals surface area contributed by atoms with E-state index in [1.54, 1.807) is 6.20 Å². The monoisotopic (exact) mass is 230 g/mol. The summed E-state index contributed by atoms with van der Waals surface area (Å²) in [6, 6.07) is 7.97. The van der Waals surface area contributed by atoms with Crippen LogP contribution in [0, 0.1) is 0 Å². The van der Waals surface area contributed by atoms with E-state index >= 15 is 0 Å². The van der Waals surface area contributed by atoms with Gasteiger partial charge in [0.2, 0.25) is 5.88 Å². The number of nitrogen functional groups attached to an aromatic ring is 1. The smallest absolute Gasteiger partial charge is 0.229 e. The normalized spacial score (nSPS) is 17.0. The Kier molecular flexibility index (Phi) is 2.19. The van der Waals surface area contributed by atoms with E-state index in [0.717, 1.165) is 29.5 Å². The highest BCUT2D eigenvalue weighted by Gasteiger charge is 2.40. The number of aliphatic hydroxyl groups is 1. The Morgan fingerprint density at radius 2 is 2.24 bits per heavy atom. The lowest BCUT2D eigenvalue weighted by Crippen LogP contribution is -2.10. The number of hydrogen-bond acceptors (Lipinski definition) is 4. The molecule has 4 nitrogen and oxygen atoms in total. The van der Waals surface area contributed by atoms with Gasteiger partial charge in [-0.3, -0.25) is 0 Å². The molecule has 0 unspecified atom stereocenters. The van der Waals surface area contributed by atoms with E-state index in [2.05, 4.69) is 5.16 Å². The molecule has 2 aromatic rings. The van der Waals surface area contributed by atoms with Crippen LogP contribution in [-0.4, -0.2) is 15.9 Å². The SMILES string of the molecule is Nc1oncc1-c1cccc(CC2(O)CC2)c1. The minimum Gasteiger partial charge on any atom is -0.390 e. The minimum absolute atomic E-state index is 0.326. The molecule has 1 aliphatic carbocycles. The summed E-state index contributed by atoms with van der Waals surface area (Å²) in [7, 11) is 0. The van der Waals surface area contributed by atoms with E-state index < -0.39 is 5.60 Å². The molecule has 1 saturated carbocycles. The zero-order valence-electron chi connectivity index (χ0n) is 9.39. The Bertz CT molecular complexity index is 544. The fraction of sp³-hybridized carbons (Fsp3) is 0.308. The average Bonchev–Trinajstić information content (AvgIpc) is 2.87. The maximum atomic E-state index is 9.90. The van der Waals surface area contributed by atoms with Crippen LogP contribution in [0.4, 0.5) is 5.88 Å². The molecule has 1 aromatic carbocycles. The van der Waals surface area contributed by atoms with Crippen molar-refractivity contribution in [2.24, 2.45) is 0 Å². The average molecular weight is 230 g/mol. The van der Waals surface area contributed by atoms with Gasteiger partial charge in [0.1, 0.15) is 0 Å². The molecule has 0 aliphatic heterocycles. The van der Waals surface area contributed by atoms with Crippen LogP contribution in [0.2, 0.25) is 0 Å². The summed E-state index contributed by atoms with van der Waals surface area (Å²) >= 11 is 0. The van der Waals surface area contributed by atoms with Gasteiger partial charge >= 0.3 is 0 Å². The van der Waals surface area contributed by atoms with Gasteiger partial charge in [-0.25, -0.2) is 0 Å². The summed E-state index contributed by atoms with van der Waals surface area (Å²) in [5.41, 5.74) is 8.10. The molecule has 0 saturated heterocycles. The van der Waals surface area contributed by atoms with E-state index in [4.69, 9.17) is 10.3 Å². The van der Waals surface area contributed by atoms with Gasteiger partial charge in [0.05, 0.1) is 17.4 Å². The van der Waals surface area contributed by atoms with E-state index in [0.29, 0.717) is 12.3 Å². The van der Waals surface area contributed by atoms with Crippen LogP contribution >= 0.6 is 0 Å². The summed E-state index contributed by atoms with van der Waals surface area (Å²) in [6.07, 6.45) is 4.10. The fourth-order valence-corrected chi connectivity index (χ4v) is 2.02. The van der Waals surface area contributed by atoms with Crippen LogP contribution in [0.3, 0.4) is 0 Å². The highest BCUT2D eigenvalue weighted by atomic mass is 16.5. The Hall–Kier alpha value is -1.81. The fourth-order valence-electron chi connectivity index (χ4n) is 2.02. The third-order valence-corrected chi connectivity index (χ3v) is 3.20. The summed E-state index contributed by atoms with van der Waals surface area (Å²) in [5, 5.41) is 13.6. The lowest BCUT2D eigenvalue weighted by atomic mass is 10.0. The lowest BCUT2D eigenvalue weighted by molar-refractivity contribution is 0.151. The first-order chi connectivity index (χ1) is 8.16. The van der Waals surface area contributed by atoms with Crippen molar-refractivity contribution in [1.29, 1.82) is 0 Å². The van der Waals surface area contributed by atoms with Gasteiger partial charge in [0.25, 0.3) is 0 Å². The number of nitrogens with two attached hydrogens (primary N) is 1. The number of benzene rings is 1. The van der Waals surface area contributed by atoms with Crippen LogP contribution in [0.1, 0.15) is 18.4 Å². The number of aromatic nitrogens is 1. The lowest BCUT2D eigenvalue weighted by Gasteiger charge is -2.08. The molecule has 0 atom stereocenters. The van der Waals surface area contributed by atoms with Gasteiger partial charge in [0.15, 0.2) is 0 Å². The highest BCUT2D eigenvalue weighted by Crippen LogP contribution is 2.38. The highest BCUT2D eigenvalue weighted by molar-refractivity contribution is 5.72. The molecule has 4 heteroatoms. The van der Waals surface area contributed by atoms with Crippen molar-refractivity contribution in [3.63, 3.8) is 0 Å². The zero-order valence-corrected chi connectivity index (χ0v) is 9.39. The van der Waals surface area contributed by atoms with Crippen LogP contribution in [0.25, 0.3) is 11.1 Å². The number of hydrogen-bond donors (Lipinski definition) is 2. The molecule has 88 valence electrons. The molecule has 1 aliphatic rings.